The second-order valence-corrected chi connectivity index (χ2v) is 7.75. The van der Waals surface area contributed by atoms with Crippen molar-refractivity contribution >= 4 is 39.0 Å². The molecular weight excluding hydrogens is 362 g/mol. The molecule has 1 aliphatic heterocycles. The molecule has 0 spiro atoms. The summed E-state index contributed by atoms with van der Waals surface area (Å²) in [6.07, 6.45) is 1.09. The van der Waals surface area contributed by atoms with E-state index >= 15 is 0 Å². The number of hydrogen-bond donors (Lipinski definition) is 2. The number of hydrogen-bond acceptors (Lipinski definition) is 5. The third-order valence-corrected chi connectivity index (χ3v) is 4.81. The molecule has 0 amide bonds. The van der Waals surface area contributed by atoms with Crippen molar-refractivity contribution in [3.63, 3.8) is 0 Å². The molecule has 0 fully saturated rings. The number of carbonyl (C=O) groups is 1. The summed E-state index contributed by atoms with van der Waals surface area (Å²) in [5, 5.41) is 3.68. The van der Waals surface area contributed by atoms with Gasteiger partial charge in [-0.2, -0.15) is 0 Å². The lowest BCUT2D eigenvalue weighted by Crippen LogP contribution is -2.47. The third kappa shape index (κ3) is 4.29. The van der Waals surface area contributed by atoms with Gasteiger partial charge < -0.3 is 15.0 Å². The quantitative estimate of drug-likeness (QED) is 0.592. The van der Waals surface area contributed by atoms with Crippen LogP contribution in [0.4, 0.5) is 5.69 Å². The lowest BCUT2D eigenvalue weighted by molar-refractivity contribution is -0.136. The van der Waals surface area contributed by atoms with E-state index in [-0.39, 0.29) is 0 Å². The fraction of sp³-hybridized carbons (Fsp3) is 0.375. The van der Waals surface area contributed by atoms with Crippen LogP contribution in [-0.2, 0) is 19.6 Å². The highest BCUT2D eigenvalue weighted by Gasteiger charge is 2.33. The van der Waals surface area contributed by atoms with Crippen LogP contribution in [0.15, 0.2) is 35.5 Å². The Hall–Kier alpha value is -2.13. The van der Waals surface area contributed by atoms with Crippen molar-refractivity contribution in [1.82, 2.24) is 10.2 Å². The Labute approximate surface area is 153 Å². The summed E-state index contributed by atoms with van der Waals surface area (Å²) in [4.78, 5) is 14.1. The fourth-order valence-corrected chi connectivity index (χ4v) is 3.69. The van der Waals surface area contributed by atoms with Gasteiger partial charge in [0.25, 0.3) is 0 Å². The monoisotopic (exact) mass is 383 g/mol. The summed E-state index contributed by atoms with van der Waals surface area (Å²) < 4.78 is 30.0. The Kier molecular flexibility index (Phi) is 5.69. The van der Waals surface area contributed by atoms with Crippen LogP contribution in [0.5, 0.6) is 0 Å². The molecule has 1 aliphatic rings. The number of rotatable bonds is 5. The second-order valence-electron chi connectivity index (χ2n) is 5.61. The normalized spacial score (nSPS) is 18.0. The molecule has 0 saturated heterocycles. The molecule has 1 heterocycles. The van der Waals surface area contributed by atoms with Gasteiger partial charge in [0.1, 0.15) is 0 Å². The smallest absolute Gasteiger partial charge is 0.337 e. The number of methoxy groups -OCH3 is 1. The maximum Gasteiger partial charge on any atom is 0.337 e. The Bertz CT molecular complexity index is 816. The topological polar surface area (TPSA) is 87.7 Å². The number of nitrogens with one attached hydrogen (secondary N) is 2. The van der Waals surface area contributed by atoms with Crippen LogP contribution in [0.1, 0.15) is 25.5 Å². The number of thiocarbonyl (C=S) groups is 1. The first-order valence-corrected chi connectivity index (χ1v) is 9.92. The number of sulfonamides is 1. The molecule has 0 aliphatic carbocycles. The highest BCUT2D eigenvalue weighted by molar-refractivity contribution is 7.92. The minimum Gasteiger partial charge on any atom is -0.466 e. The summed E-state index contributed by atoms with van der Waals surface area (Å²) >= 11 is 5.39. The van der Waals surface area contributed by atoms with Gasteiger partial charge in [0.2, 0.25) is 10.0 Å². The molecule has 9 heteroatoms. The van der Waals surface area contributed by atoms with Crippen molar-refractivity contribution in [3.05, 3.63) is 41.1 Å². The number of allylic oxidation sites excluding steroid dienone is 1. The van der Waals surface area contributed by atoms with Gasteiger partial charge in [0.15, 0.2) is 5.11 Å². The van der Waals surface area contributed by atoms with Crippen molar-refractivity contribution in [2.24, 2.45) is 0 Å². The van der Waals surface area contributed by atoms with E-state index in [1.807, 2.05) is 18.7 Å². The van der Waals surface area contributed by atoms with E-state index in [4.69, 9.17) is 17.0 Å². The predicted molar refractivity (Wildman–Crippen MR) is 100 cm³/mol. The van der Waals surface area contributed by atoms with Crippen molar-refractivity contribution in [3.8, 4) is 0 Å². The van der Waals surface area contributed by atoms with E-state index in [0.717, 1.165) is 17.5 Å². The van der Waals surface area contributed by atoms with Crippen molar-refractivity contribution in [2.45, 2.75) is 19.9 Å². The van der Waals surface area contributed by atoms with E-state index in [1.165, 1.54) is 7.11 Å². The average molecular weight is 383 g/mol. The molecule has 0 saturated carbocycles. The lowest BCUT2D eigenvalue weighted by atomic mass is 9.95. The van der Waals surface area contributed by atoms with E-state index in [2.05, 4.69) is 10.0 Å². The zero-order valence-corrected chi connectivity index (χ0v) is 16.1. The van der Waals surface area contributed by atoms with Gasteiger partial charge in [-0.15, -0.1) is 0 Å². The van der Waals surface area contributed by atoms with Gasteiger partial charge in [-0.05, 0) is 43.8 Å². The molecule has 1 unspecified atom stereocenters. The van der Waals surface area contributed by atoms with Crippen molar-refractivity contribution in [1.29, 1.82) is 0 Å². The number of carbonyl (C=O) groups excluding carboxylic acids is 1. The van der Waals surface area contributed by atoms with Crippen LogP contribution in [0.25, 0.3) is 0 Å². The van der Waals surface area contributed by atoms with Crippen LogP contribution < -0.4 is 10.0 Å². The minimum atomic E-state index is -3.35. The first-order chi connectivity index (χ1) is 11.7. The molecule has 2 rings (SSSR count). The zero-order valence-electron chi connectivity index (χ0n) is 14.5. The third-order valence-electron chi connectivity index (χ3n) is 3.87. The van der Waals surface area contributed by atoms with Crippen LogP contribution >= 0.6 is 12.2 Å². The van der Waals surface area contributed by atoms with Crippen LogP contribution in [0, 0.1) is 0 Å². The van der Waals surface area contributed by atoms with Gasteiger partial charge in [0, 0.05) is 17.9 Å². The first kappa shape index (κ1) is 19.2. The number of ether oxygens (including phenoxy) is 1. The molecule has 1 aromatic carbocycles. The Balaban J connectivity index is 2.43. The zero-order chi connectivity index (χ0) is 18.8. The summed E-state index contributed by atoms with van der Waals surface area (Å²) in [5.74, 6) is -0.436. The first-order valence-electron chi connectivity index (χ1n) is 7.62. The van der Waals surface area contributed by atoms with Crippen molar-refractivity contribution in [2.75, 3.05) is 24.6 Å². The van der Waals surface area contributed by atoms with Crippen LogP contribution in [0.3, 0.4) is 0 Å². The van der Waals surface area contributed by atoms with Gasteiger partial charge in [-0.25, -0.2) is 13.2 Å². The summed E-state index contributed by atoms with van der Waals surface area (Å²) in [6, 6.07) is 6.29. The van der Waals surface area contributed by atoms with Crippen LogP contribution in [0.2, 0.25) is 0 Å². The van der Waals surface area contributed by atoms with Crippen LogP contribution in [-0.4, -0.2) is 44.3 Å². The molecule has 25 heavy (non-hydrogen) atoms. The Morgan fingerprint density at radius 2 is 1.96 bits per heavy atom. The van der Waals surface area contributed by atoms with E-state index < -0.39 is 22.0 Å². The van der Waals surface area contributed by atoms with Gasteiger partial charge in [0.05, 0.1) is 25.0 Å². The average Bonchev–Trinajstić information content (AvgIpc) is 2.53. The SMILES string of the molecule is CCN1C(=S)NC(c2ccc(NS(C)(=O)=O)cc2)C(C(=O)OC)=C1C. The highest BCUT2D eigenvalue weighted by Crippen LogP contribution is 2.31. The number of anilines is 1. The molecule has 2 N–H and O–H groups in total. The van der Waals surface area contributed by atoms with E-state index in [0.29, 0.717) is 22.9 Å². The van der Waals surface area contributed by atoms with Gasteiger partial charge in [-0.3, -0.25) is 4.72 Å². The van der Waals surface area contributed by atoms with E-state index in [9.17, 15) is 13.2 Å². The number of benzene rings is 1. The largest absolute Gasteiger partial charge is 0.466 e. The summed E-state index contributed by atoms with van der Waals surface area (Å²) in [7, 11) is -2.01. The minimum absolute atomic E-state index is 0.436. The molecule has 7 nitrogen and oxygen atoms in total. The number of esters is 1. The summed E-state index contributed by atoms with van der Waals surface area (Å²) in [5.41, 5.74) is 2.43. The maximum absolute atomic E-state index is 12.3. The predicted octanol–water partition coefficient (Wildman–Crippen LogP) is 1.76. The summed E-state index contributed by atoms with van der Waals surface area (Å²) in [6.45, 7) is 4.40. The van der Waals surface area contributed by atoms with Crippen molar-refractivity contribution < 1.29 is 17.9 Å². The maximum atomic E-state index is 12.3. The fourth-order valence-electron chi connectivity index (χ4n) is 2.74. The molecule has 1 aromatic rings. The molecule has 0 radical (unpaired) electrons. The highest BCUT2D eigenvalue weighted by atomic mass is 32.2. The van der Waals surface area contributed by atoms with Gasteiger partial charge in [-0.1, -0.05) is 12.1 Å². The standard InChI is InChI=1S/C16H21N3O4S2/c1-5-19-10(2)13(15(20)23-3)14(17-16(19)24)11-6-8-12(9-7-11)18-25(4,21)22/h6-9,14,18H,5H2,1-4H3,(H,17,24). The lowest BCUT2D eigenvalue weighted by Gasteiger charge is -2.36. The second kappa shape index (κ2) is 7.40. The Morgan fingerprint density at radius 3 is 2.44 bits per heavy atom. The molecule has 0 bridgehead atoms. The van der Waals surface area contributed by atoms with Gasteiger partial charge >= 0.3 is 5.97 Å². The Morgan fingerprint density at radius 1 is 1.36 bits per heavy atom. The molecule has 0 aromatic heterocycles. The molecule has 1 atom stereocenters. The number of nitrogens with zero attached hydrogens (tertiary/aromatic N) is 1. The molecular formula is C16H21N3O4S2. The molecule has 136 valence electrons. The van der Waals surface area contributed by atoms with E-state index in [1.54, 1.807) is 24.3 Å².